The first-order chi connectivity index (χ1) is 5.81. The van der Waals surface area contributed by atoms with Crippen LogP contribution in [0.1, 0.15) is 33.1 Å². The van der Waals surface area contributed by atoms with Crippen LogP contribution in [0.15, 0.2) is 0 Å². The van der Waals surface area contributed by atoms with Crippen LogP contribution in [-0.2, 0) is 4.74 Å². The Morgan fingerprint density at radius 1 is 0.917 bits per heavy atom. The molecule has 0 amide bonds. The zero-order valence-electron chi connectivity index (χ0n) is 9.39. The summed E-state index contributed by atoms with van der Waals surface area (Å²) in [5, 5.41) is 0. The van der Waals surface area contributed by atoms with E-state index in [1.807, 2.05) is 13.8 Å². The van der Waals surface area contributed by atoms with Crippen LogP contribution in [0, 0.1) is 0 Å². The molecule has 12 heavy (non-hydrogen) atoms. The highest BCUT2D eigenvalue weighted by molar-refractivity contribution is 4.58. The van der Waals surface area contributed by atoms with Gasteiger partial charge in [0.1, 0.15) is 0 Å². The van der Waals surface area contributed by atoms with Crippen LogP contribution in [0.2, 0.25) is 0 Å². The Kier molecular flexibility index (Phi) is 16.3. The van der Waals surface area contributed by atoms with E-state index in [9.17, 15) is 0 Å². The van der Waals surface area contributed by atoms with E-state index < -0.39 is 0 Å². The number of hydrogen-bond acceptors (Lipinski definition) is 2. The van der Waals surface area contributed by atoms with Gasteiger partial charge in [-0.25, -0.2) is 0 Å². The molecule has 76 valence electrons. The van der Waals surface area contributed by atoms with Crippen molar-refractivity contribution in [3.8, 4) is 0 Å². The van der Waals surface area contributed by atoms with Gasteiger partial charge in [-0.05, 0) is 33.0 Å². The summed E-state index contributed by atoms with van der Waals surface area (Å²) in [6, 6.07) is 0. The van der Waals surface area contributed by atoms with Crippen LogP contribution >= 0.6 is 0 Å². The van der Waals surface area contributed by atoms with Crippen LogP contribution < -0.4 is 0 Å². The van der Waals surface area contributed by atoms with Gasteiger partial charge in [-0.2, -0.15) is 0 Å². The standard InChI is InChI=1S/C6H13N.C2H6O.C2H6/c1-7-5-3-2-4-6-7;1-3-2;1-2/h2-6H2,1H3;1-2H3;1-2H3. The molecule has 0 N–H and O–H groups in total. The third kappa shape index (κ3) is 12.6. The number of piperidine rings is 1. The van der Waals surface area contributed by atoms with Crippen LogP contribution in [0.3, 0.4) is 0 Å². The van der Waals surface area contributed by atoms with Gasteiger partial charge < -0.3 is 9.64 Å². The zero-order valence-corrected chi connectivity index (χ0v) is 9.39. The van der Waals surface area contributed by atoms with Gasteiger partial charge in [-0.15, -0.1) is 0 Å². The molecule has 1 fully saturated rings. The first-order valence-electron chi connectivity index (χ1n) is 4.90. The minimum absolute atomic E-state index is 1.32. The SMILES string of the molecule is CC.CN1CCCCC1.COC. The highest BCUT2D eigenvalue weighted by Crippen LogP contribution is 2.04. The van der Waals surface area contributed by atoms with Crippen molar-refractivity contribution in [3.05, 3.63) is 0 Å². The lowest BCUT2D eigenvalue weighted by Crippen LogP contribution is -2.24. The van der Waals surface area contributed by atoms with Gasteiger partial charge in [0.15, 0.2) is 0 Å². The van der Waals surface area contributed by atoms with Crippen LogP contribution in [0.5, 0.6) is 0 Å². The zero-order chi connectivity index (χ0) is 9.82. The molecule has 0 aromatic rings. The molecule has 0 aromatic carbocycles. The monoisotopic (exact) mass is 175 g/mol. The quantitative estimate of drug-likeness (QED) is 0.560. The third-order valence-electron chi connectivity index (χ3n) is 1.58. The van der Waals surface area contributed by atoms with E-state index >= 15 is 0 Å². The summed E-state index contributed by atoms with van der Waals surface area (Å²) in [4.78, 5) is 2.39. The van der Waals surface area contributed by atoms with Gasteiger partial charge >= 0.3 is 0 Å². The van der Waals surface area contributed by atoms with Gasteiger partial charge in [0.25, 0.3) is 0 Å². The van der Waals surface area contributed by atoms with E-state index in [0.717, 1.165) is 0 Å². The highest BCUT2D eigenvalue weighted by Gasteiger charge is 2.02. The third-order valence-corrected chi connectivity index (χ3v) is 1.58. The first-order valence-corrected chi connectivity index (χ1v) is 4.90. The van der Waals surface area contributed by atoms with Crippen molar-refractivity contribution in [1.82, 2.24) is 4.90 Å². The summed E-state index contributed by atoms with van der Waals surface area (Å²) >= 11 is 0. The second kappa shape index (κ2) is 13.5. The predicted molar refractivity (Wildman–Crippen MR) is 55.6 cm³/mol. The van der Waals surface area contributed by atoms with Crippen molar-refractivity contribution in [2.75, 3.05) is 34.4 Å². The maximum absolute atomic E-state index is 4.25. The minimum atomic E-state index is 1.32. The summed E-state index contributed by atoms with van der Waals surface area (Å²) in [7, 11) is 5.44. The van der Waals surface area contributed by atoms with E-state index in [0.29, 0.717) is 0 Å². The average Bonchev–Trinajstić information content (AvgIpc) is 2.11. The van der Waals surface area contributed by atoms with Crippen LogP contribution in [0.25, 0.3) is 0 Å². The summed E-state index contributed by atoms with van der Waals surface area (Å²) < 4.78 is 4.25. The van der Waals surface area contributed by atoms with Crippen molar-refractivity contribution in [2.24, 2.45) is 0 Å². The van der Waals surface area contributed by atoms with Crippen molar-refractivity contribution < 1.29 is 4.74 Å². The molecular weight excluding hydrogens is 150 g/mol. The number of methoxy groups -OCH3 is 1. The van der Waals surface area contributed by atoms with Gasteiger partial charge in [0.2, 0.25) is 0 Å². The lowest BCUT2D eigenvalue weighted by atomic mass is 10.1. The van der Waals surface area contributed by atoms with E-state index in [-0.39, 0.29) is 0 Å². The van der Waals surface area contributed by atoms with Crippen molar-refractivity contribution >= 4 is 0 Å². The lowest BCUT2D eigenvalue weighted by Gasteiger charge is -2.20. The molecule has 1 saturated heterocycles. The van der Waals surface area contributed by atoms with E-state index in [4.69, 9.17) is 0 Å². The van der Waals surface area contributed by atoms with Gasteiger partial charge in [-0.1, -0.05) is 20.3 Å². The Labute approximate surface area is 77.9 Å². The molecule has 0 aliphatic carbocycles. The van der Waals surface area contributed by atoms with Crippen molar-refractivity contribution in [1.29, 1.82) is 0 Å². The van der Waals surface area contributed by atoms with Gasteiger partial charge in [0, 0.05) is 14.2 Å². The fraction of sp³-hybridized carbons (Fsp3) is 1.00. The Balaban J connectivity index is 0. The molecule has 2 heteroatoms. The van der Waals surface area contributed by atoms with Crippen molar-refractivity contribution in [2.45, 2.75) is 33.1 Å². The molecule has 0 atom stereocenters. The molecule has 1 aliphatic rings. The predicted octanol–water partition coefficient (Wildman–Crippen LogP) is 2.39. The minimum Gasteiger partial charge on any atom is -0.388 e. The maximum Gasteiger partial charge on any atom is 0.0351 e. The number of ether oxygens (including phenoxy) is 1. The highest BCUT2D eigenvalue weighted by atomic mass is 16.4. The van der Waals surface area contributed by atoms with E-state index in [1.54, 1.807) is 14.2 Å². The van der Waals surface area contributed by atoms with E-state index in [2.05, 4.69) is 16.7 Å². The Morgan fingerprint density at radius 2 is 1.25 bits per heavy atom. The summed E-state index contributed by atoms with van der Waals surface area (Å²) in [6.45, 7) is 6.64. The largest absolute Gasteiger partial charge is 0.388 e. The lowest BCUT2D eigenvalue weighted by molar-refractivity contribution is 0.277. The molecule has 1 aliphatic heterocycles. The fourth-order valence-corrected chi connectivity index (χ4v) is 1.05. The van der Waals surface area contributed by atoms with Crippen LogP contribution in [0.4, 0.5) is 0 Å². The number of nitrogens with zero attached hydrogens (tertiary/aromatic N) is 1. The van der Waals surface area contributed by atoms with E-state index in [1.165, 1.54) is 32.4 Å². The summed E-state index contributed by atoms with van der Waals surface area (Å²) in [5.74, 6) is 0. The van der Waals surface area contributed by atoms with Crippen LogP contribution in [-0.4, -0.2) is 39.3 Å². The van der Waals surface area contributed by atoms with Gasteiger partial charge in [-0.3, -0.25) is 0 Å². The molecule has 2 nitrogen and oxygen atoms in total. The van der Waals surface area contributed by atoms with Crippen molar-refractivity contribution in [3.63, 3.8) is 0 Å². The smallest absolute Gasteiger partial charge is 0.0351 e. The van der Waals surface area contributed by atoms with Gasteiger partial charge in [0.05, 0.1) is 0 Å². The number of rotatable bonds is 0. The summed E-state index contributed by atoms with van der Waals surface area (Å²) in [6.07, 6.45) is 4.28. The first kappa shape index (κ1) is 14.4. The molecule has 0 unspecified atom stereocenters. The number of likely N-dealkylation sites (tertiary alicyclic amines) is 1. The Morgan fingerprint density at radius 3 is 1.42 bits per heavy atom. The Bertz CT molecular complexity index is 60.9. The second-order valence-corrected chi connectivity index (χ2v) is 2.77. The molecule has 1 heterocycles. The number of hydrogen-bond donors (Lipinski definition) is 0. The topological polar surface area (TPSA) is 12.5 Å². The molecule has 0 radical (unpaired) electrons. The summed E-state index contributed by atoms with van der Waals surface area (Å²) in [5.41, 5.74) is 0. The normalized spacial score (nSPS) is 16.8. The Hall–Kier alpha value is -0.0800. The maximum atomic E-state index is 4.25. The molecule has 1 rings (SSSR count). The fourth-order valence-electron chi connectivity index (χ4n) is 1.05. The molecule has 0 saturated carbocycles. The molecule has 0 aromatic heterocycles. The molecular formula is C10H25NO. The average molecular weight is 175 g/mol. The molecule has 0 spiro atoms. The second-order valence-electron chi connectivity index (χ2n) is 2.77. The molecule has 0 bridgehead atoms.